The van der Waals surface area contributed by atoms with Gasteiger partial charge in [-0.2, -0.15) is 0 Å². The SMILES string of the molecule is Cc1cc(C)nc(NC(=O)CC2COCc3ccccc32)c1. The fraction of sp³-hybridized carbons (Fsp3) is 0.333. The molecule has 1 aromatic carbocycles. The molecule has 2 heterocycles. The molecule has 1 atom stereocenters. The van der Waals surface area contributed by atoms with E-state index in [2.05, 4.69) is 22.4 Å². The largest absolute Gasteiger partial charge is 0.376 e. The third kappa shape index (κ3) is 3.34. The Labute approximate surface area is 130 Å². The summed E-state index contributed by atoms with van der Waals surface area (Å²) in [5, 5.41) is 2.90. The second-order valence-electron chi connectivity index (χ2n) is 5.83. The van der Waals surface area contributed by atoms with Crippen LogP contribution in [0.5, 0.6) is 0 Å². The number of benzene rings is 1. The van der Waals surface area contributed by atoms with Crippen molar-refractivity contribution in [3.63, 3.8) is 0 Å². The van der Waals surface area contributed by atoms with E-state index < -0.39 is 0 Å². The number of amides is 1. The third-order valence-corrected chi connectivity index (χ3v) is 3.87. The molecule has 1 unspecified atom stereocenters. The fourth-order valence-electron chi connectivity index (χ4n) is 2.96. The van der Waals surface area contributed by atoms with Gasteiger partial charge in [0.2, 0.25) is 5.91 Å². The Bertz CT molecular complexity index is 677. The predicted octanol–water partition coefficient (Wildman–Crippen LogP) is 3.34. The van der Waals surface area contributed by atoms with Gasteiger partial charge in [0.1, 0.15) is 5.82 Å². The molecule has 114 valence electrons. The van der Waals surface area contributed by atoms with Gasteiger partial charge in [0.25, 0.3) is 0 Å². The molecule has 0 spiro atoms. The van der Waals surface area contributed by atoms with Crippen LogP contribution < -0.4 is 5.32 Å². The van der Waals surface area contributed by atoms with Crippen molar-refractivity contribution in [2.45, 2.75) is 32.8 Å². The van der Waals surface area contributed by atoms with Gasteiger partial charge in [-0.3, -0.25) is 4.79 Å². The summed E-state index contributed by atoms with van der Waals surface area (Å²) in [6, 6.07) is 12.0. The second-order valence-corrected chi connectivity index (χ2v) is 5.83. The minimum atomic E-state index is -0.0252. The molecule has 1 aromatic heterocycles. The summed E-state index contributed by atoms with van der Waals surface area (Å²) in [5.74, 6) is 0.700. The van der Waals surface area contributed by atoms with Gasteiger partial charge in [0.15, 0.2) is 0 Å². The van der Waals surface area contributed by atoms with Crippen molar-refractivity contribution in [2.75, 3.05) is 11.9 Å². The number of aromatic nitrogens is 1. The second kappa shape index (κ2) is 6.28. The molecular weight excluding hydrogens is 276 g/mol. The lowest BCUT2D eigenvalue weighted by Gasteiger charge is -2.25. The number of anilines is 1. The van der Waals surface area contributed by atoms with Gasteiger partial charge in [-0.1, -0.05) is 24.3 Å². The van der Waals surface area contributed by atoms with E-state index in [4.69, 9.17) is 4.74 Å². The standard InChI is InChI=1S/C18H20N2O2/c1-12-7-13(2)19-17(8-12)20-18(21)9-15-11-22-10-14-5-3-4-6-16(14)15/h3-8,15H,9-11H2,1-2H3,(H,19,20,21). The average Bonchev–Trinajstić information content (AvgIpc) is 2.46. The number of hydrogen-bond acceptors (Lipinski definition) is 3. The number of ether oxygens (including phenoxy) is 1. The lowest BCUT2D eigenvalue weighted by atomic mass is 9.90. The Morgan fingerprint density at radius 1 is 1.32 bits per heavy atom. The average molecular weight is 296 g/mol. The van der Waals surface area contributed by atoms with E-state index in [0.717, 1.165) is 11.3 Å². The quantitative estimate of drug-likeness (QED) is 0.945. The van der Waals surface area contributed by atoms with Crippen LogP contribution in [-0.4, -0.2) is 17.5 Å². The van der Waals surface area contributed by atoms with Crippen LogP contribution in [0.4, 0.5) is 5.82 Å². The molecule has 1 aliphatic heterocycles. The molecule has 4 nitrogen and oxygen atoms in total. The van der Waals surface area contributed by atoms with E-state index in [-0.39, 0.29) is 11.8 Å². The molecule has 1 amide bonds. The Kier molecular flexibility index (Phi) is 4.20. The van der Waals surface area contributed by atoms with Crippen molar-refractivity contribution in [1.29, 1.82) is 0 Å². The van der Waals surface area contributed by atoms with Crippen molar-refractivity contribution in [2.24, 2.45) is 0 Å². The summed E-state index contributed by atoms with van der Waals surface area (Å²) in [4.78, 5) is 16.7. The first kappa shape index (κ1) is 14.7. The lowest BCUT2D eigenvalue weighted by molar-refractivity contribution is -0.117. The minimum absolute atomic E-state index is 0.0252. The molecule has 1 aliphatic rings. The topological polar surface area (TPSA) is 51.2 Å². The van der Waals surface area contributed by atoms with E-state index in [1.807, 2.05) is 38.1 Å². The Hall–Kier alpha value is -2.20. The maximum absolute atomic E-state index is 12.3. The number of rotatable bonds is 3. The van der Waals surface area contributed by atoms with Gasteiger partial charge < -0.3 is 10.1 Å². The maximum atomic E-state index is 12.3. The molecule has 0 aliphatic carbocycles. The molecule has 0 saturated heterocycles. The molecule has 0 saturated carbocycles. The zero-order valence-electron chi connectivity index (χ0n) is 12.9. The van der Waals surface area contributed by atoms with Gasteiger partial charge in [0.05, 0.1) is 13.2 Å². The van der Waals surface area contributed by atoms with Crippen molar-refractivity contribution < 1.29 is 9.53 Å². The van der Waals surface area contributed by atoms with Crippen molar-refractivity contribution in [3.05, 3.63) is 58.8 Å². The van der Waals surface area contributed by atoms with Gasteiger partial charge in [-0.05, 0) is 42.7 Å². The summed E-state index contributed by atoms with van der Waals surface area (Å²) in [7, 11) is 0. The van der Waals surface area contributed by atoms with Crippen LogP contribution in [-0.2, 0) is 16.1 Å². The van der Waals surface area contributed by atoms with Crippen LogP contribution in [0.3, 0.4) is 0 Å². The Morgan fingerprint density at radius 3 is 2.95 bits per heavy atom. The first-order chi connectivity index (χ1) is 10.6. The molecule has 0 radical (unpaired) electrons. The zero-order valence-corrected chi connectivity index (χ0v) is 12.9. The first-order valence-corrected chi connectivity index (χ1v) is 7.52. The molecule has 3 rings (SSSR count). The molecule has 4 heteroatoms. The highest BCUT2D eigenvalue weighted by Crippen LogP contribution is 2.29. The highest BCUT2D eigenvalue weighted by molar-refractivity contribution is 5.90. The third-order valence-electron chi connectivity index (χ3n) is 3.87. The van der Waals surface area contributed by atoms with Crippen molar-refractivity contribution in [3.8, 4) is 0 Å². The number of carbonyl (C=O) groups is 1. The van der Waals surface area contributed by atoms with E-state index in [9.17, 15) is 4.79 Å². The number of pyridine rings is 1. The Morgan fingerprint density at radius 2 is 2.14 bits per heavy atom. The summed E-state index contributed by atoms with van der Waals surface area (Å²) in [6.45, 7) is 5.14. The fourth-order valence-corrected chi connectivity index (χ4v) is 2.96. The normalized spacial score (nSPS) is 16.9. The van der Waals surface area contributed by atoms with Crippen LogP contribution in [0.1, 0.15) is 34.7 Å². The van der Waals surface area contributed by atoms with Crippen LogP contribution in [0.15, 0.2) is 36.4 Å². The number of aryl methyl sites for hydroxylation is 2. The van der Waals surface area contributed by atoms with E-state index in [0.29, 0.717) is 25.5 Å². The van der Waals surface area contributed by atoms with Crippen LogP contribution >= 0.6 is 0 Å². The van der Waals surface area contributed by atoms with Gasteiger partial charge >= 0.3 is 0 Å². The van der Waals surface area contributed by atoms with Gasteiger partial charge in [0, 0.05) is 18.0 Å². The van der Waals surface area contributed by atoms with Crippen LogP contribution in [0, 0.1) is 13.8 Å². The highest BCUT2D eigenvalue weighted by atomic mass is 16.5. The van der Waals surface area contributed by atoms with Gasteiger partial charge in [-0.25, -0.2) is 4.98 Å². The number of nitrogens with zero attached hydrogens (tertiary/aromatic N) is 1. The maximum Gasteiger partial charge on any atom is 0.226 e. The summed E-state index contributed by atoms with van der Waals surface area (Å²) >= 11 is 0. The number of carbonyl (C=O) groups excluding carboxylic acids is 1. The van der Waals surface area contributed by atoms with Crippen molar-refractivity contribution >= 4 is 11.7 Å². The molecule has 0 bridgehead atoms. The molecule has 22 heavy (non-hydrogen) atoms. The monoisotopic (exact) mass is 296 g/mol. The number of fused-ring (bicyclic) bond motifs is 1. The van der Waals surface area contributed by atoms with E-state index >= 15 is 0 Å². The molecule has 1 N–H and O–H groups in total. The minimum Gasteiger partial charge on any atom is -0.376 e. The van der Waals surface area contributed by atoms with E-state index in [1.165, 1.54) is 11.1 Å². The predicted molar refractivity (Wildman–Crippen MR) is 85.8 cm³/mol. The number of hydrogen-bond donors (Lipinski definition) is 1. The van der Waals surface area contributed by atoms with Gasteiger partial charge in [-0.15, -0.1) is 0 Å². The smallest absolute Gasteiger partial charge is 0.226 e. The lowest BCUT2D eigenvalue weighted by Crippen LogP contribution is -2.23. The summed E-state index contributed by atoms with van der Waals surface area (Å²) in [5.41, 5.74) is 4.39. The van der Waals surface area contributed by atoms with Crippen LogP contribution in [0.25, 0.3) is 0 Å². The molecule has 0 fully saturated rings. The summed E-state index contributed by atoms with van der Waals surface area (Å²) in [6.07, 6.45) is 0.408. The first-order valence-electron chi connectivity index (χ1n) is 7.52. The summed E-state index contributed by atoms with van der Waals surface area (Å²) < 4.78 is 5.60. The van der Waals surface area contributed by atoms with Crippen molar-refractivity contribution in [1.82, 2.24) is 4.98 Å². The Balaban J connectivity index is 1.70. The molecule has 2 aromatic rings. The zero-order chi connectivity index (χ0) is 15.5. The highest BCUT2D eigenvalue weighted by Gasteiger charge is 2.23. The molecular formula is C18H20N2O2. The number of nitrogens with one attached hydrogen (secondary N) is 1. The van der Waals surface area contributed by atoms with E-state index in [1.54, 1.807) is 0 Å². The van der Waals surface area contributed by atoms with Crippen LogP contribution in [0.2, 0.25) is 0 Å².